The maximum atomic E-state index is 14.1. The van der Waals surface area contributed by atoms with Gasteiger partial charge in [0.25, 0.3) is 5.56 Å². The highest BCUT2D eigenvalue weighted by molar-refractivity contribution is 9.10. The van der Waals surface area contributed by atoms with Crippen LogP contribution in [0.1, 0.15) is 37.9 Å². The molecule has 1 atom stereocenters. The lowest BCUT2D eigenvalue weighted by Crippen LogP contribution is -2.40. The first-order valence-corrected chi connectivity index (χ1v) is 14.3. The Morgan fingerprint density at radius 2 is 1.63 bits per heavy atom. The van der Waals surface area contributed by atoms with Crippen LogP contribution >= 0.6 is 27.3 Å². The van der Waals surface area contributed by atoms with Crippen LogP contribution in [-0.2, 0) is 9.53 Å². The van der Waals surface area contributed by atoms with Crippen LogP contribution in [0.2, 0.25) is 0 Å². The summed E-state index contributed by atoms with van der Waals surface area (Å²) in [6.07, 6.45) is 1.69. The van der Waals surface area contributed by atoms with Crippen molar-refractivity contribution in [2.24, 2.45) is 4.99 Å². The number of hydrogen-bond donors (Lipinski definition) is 0. The van der Waals surface area contributed by atoms with Crippen LogP contribution in [0.25, 0.3) is 6.08 Å². The summed E-state index contributed by atoms with van der Waals surface area (Å²) in [5.74, 6) is 1.89. The molecule has 1 aliphatic rings. The van der Waals surface area contributed by atoms with Gasteiger partial charge in [0.2, 0.25) is 0 Å². The molecule has 0 unspecified atom stereocenters. The van der Waals surface area contributed by atoms with Crippen molar-refractivity contribution < 1.29 is 33.2 Å². The Kier molecular flexibility index (Phi) is 9.44. The zero-order valence-corrected chi connectivity index (χ0v) is 26.2. The van der Waals surface area contributed by atoms with Crippen molar-refractivity contribution in [2.75, 3.05) is 41.7 Å². The Morgan fingerprint density at radius 1 is 0.976 bits per heavy atom. The predicted octanol–water partition coefficient (Wildman–Crippen LogP) is 3.99. The molecule has 0 bridgehead atoms. The van der Waals surface area contributed by atoms with Crippen LogP contribution in [0.15, 0.2) is 49.8 Å². The number of carbonyl (C=O) groups is 1. The van der Waals surface area contributed by atoms with Crippen LogP contribution < -0.4 is 38.6 Å². The molecule has 1 aromatic heterocycles. The van der Waals surface area contributed by atoms with Gasteiger partial charge >= 0.3 is 5.97 Å². The third-order valence-electron chi connectivity index (χ3n) is 6.42. The molecule has 218 valence electrons. The van der Waals surface area contributed by atoms with Gasteiger partial charge in [-0.2, -0.15) is 0 Å². The van der Waals surface area contributed by atoms with E-state index in [2.05, 4.69) is 20.9 Å². The molecule has 12 heteroatoms. The molecule has 3 aromatic rings. The highest BCUT2D eigenvalue weighted by Crippen LogP contribution is 2.41. The summed E-state index contributed by atoms with van der Waals surface area (Å²) in [5.41, 5.74) is 1.50. The van der Waals surface area contributed by atoms with E-state index in [-0.39, 0.29) is 17.7 Å². The number of aromatic nitrogens is 1. The van der Waals surface area contributed by atoms with E-state index < -0.39 is 12.0 Å². The predicted molar refractivity (Wildman–Crippen MR) is 158 cm³/mol. The Balaban J connectivity index is 2.03. The second kappa shape index (κ2) is 12.8. The summed E-state index contributed by atoms with van der Waals surface area (Å²) in [6, 6.07) is 6.08. The molecule has 0 saturated heterocycles. The average Bonchev–Trinajstić information content (AvgIpc) is 3.26. The smallest absolute Gasteiger partial charge is 0.338 e. The fourth-order valence-corrected chi connectivity index (χ4v) is 6.15. The zero-order valence-electron chi connectivity index (χ0n) is 23.8. The van der Waals surface area contributed by atoms with Crippen molar-refractivity contribution in [1.82, 2.24) is 4.57 Å². The molecule has 2 heterocycles. The Bertz CT molecular complexity index is 1670. The van der Waals surface area contributed by atoms with E-state index in [9.17, 15) is 9.59 Å². The van der Waals surface area contributed by atoms with Crippen molar-refractivity contribution in [1.29, 1.82) is 0 Å². The molecule has 0 aliphatic carbocycles. The maximum Gasteiger partial charge on any atom is 0.338 e. The SMILES string of the molecule is CCOC(=O)C1=C(C)N=c2s/c(=C/c3c(OC)cc(OC)cc3OC)c(=O)n2[C@@H]1c1cc(OC)c(OCC)cc1Br. The van der Waals surface area contributed by atoms with Crippen LogP contribution in [0.3, 0.4) is 0 Å². The Morgan fingerprint density at radius 3 is 2.20 bits per heavy atom. The topological polar surface area (TPSA) is 107 Å². The van der Waals surface area contributed by atoms with Crippen molar-refractivity contribution in [3.05, 3.63) is 70.8 Å². The quantitative estimate of drug-likeness (QED) is 0.304. The molecule has 41 heavy (non-hydrogen) atoms. The van der Waals surface area contributed by atoms with Crippen molar-refractivity contribution >= 4 is 39.3 Å². The number of carbonyl (C=O) groups excluding carboxylic acids is 1. The average molecular weight is 648 g/mol. The van der Waals surface area contributed by atoms with E-state index in [1.807, 2.05) is 6.92 Å². The van der Waals surface area contributed by atoms with Crippen LogP contribution in [-0.4, -0.2) is 52.2 Å². The van der Waals surface area contributed by atoms with Gasteiger partial charge in [0.15, 0.2) is 16.3 Å². The number of rotatable bonds is 10. The third-order valence-corrected chi connectivity index (χ3v) is 8.09. The van der Waals surface area contributed by atoms with Crippen molar-refractivity contribution in [2.45, 2.75) is 26.8 Å². The summed E-state index contributed by atoms with van der Waals surface area (Å²) >= 11 is 4.82. The van der Waals surface area contributed by atoms with E-state index >= 15 is 0 Å². The summed E-state index contributed by atoms with van der Waals surface area (Å²) in [7, 11) is 6.13. The monoisotopic (exact) mass is 646 g/mol. The number of thiazole rings is 1. The van der Waals surface area contributed by atoms with Gasteiger partial charge in [0.1, 0.15) is 17.2 Å². The van der Waals surface area contributed by atoms with Crippen LogP contribution in [0.5, 0.6) is 28.7 Å². The molecule has 10 nitrogen and oxygen atoms in total. The number of esters is 1. The second-order valence-electron chi connectivity index (χ2n) is 8.71. The molecule has 0 fully saturated rings. The Hall–Kier alpha value is -3.77. The first kappa shape index (κ1) is 30.2. The van der Waals surface area contributed by atoms with Crippen LogP contribution in [0, 0.1) is 0 Å². The first-order valence-electron chi connectivity index (χ1n) is 12.7. The summed E-state index contributed by atoms with van der Waals surface area (Å²) in [4.78, 5) is 32.5. The molecule has 0 amide bonds. The number of methoxy groups -OCH3 is 4. The van der Waals surface area contributed by atoms with Gasteiger partial charge in [-0.3, -0.25) is 9.36 Å². The lowest BCUT2D eigenvalue weighted by molar-refractivity contribution is -0.139. The fourth-order valence-electron chi connectivity index (χ4n) is 4.58. The number of ether oxygens (including phenoxy) is 6. The molecule has 2 aromatic carbocycles. The van der Waals surface area contributed by atoms with Gasteiger partial charge in [-0.25, -0.2) is 9.79 Å². The summed E-state index contributed by atoms with van der Waals surface area (Å²) in [6.45, 7) is 5.92. The summed E-state index contributed by atoms with van der Waals surface area (Å²) < 4.78 is 35.7. The molecule has 0 N–H and O–H groups in total. The molecule has 0 radical (unpaired) electrons. The fraction of sp³-hybridized carbons (Fsp3) is 0.345. The van der Waals surface area contributed by atoms with E-state index in [0.29, 0.717) is 66.0 Å². The van der Waals surface area contributed by atoms with Crippen molar-refractivity contribution in [3.63, 3.8) is 0 Å². The van der Waals surface area contributed by atoms with Gasteiger partial charge in [0, 0.05) is 16.6 Å². The van der Waals surface area contributed by atoms with Gasteiger partial charge in [-0.15, -0.1) is 0 Å². The first-order chi connectivity index (χ1) is 19.7. The molecule has 1 aliphatic heterocycles. The lowest BCUT2D eigenvalue weighted by atomic mass is 9.95. The minimum absolute atomic E-state index is 0.164. The summed E-state index contributed by atoms with van der Waals surface area (Å²) in [5, 5.41) is 0. The van der Waals surface area contributed by atoms with E-state index in [1.54, 1.807) is 51.3 Å². The lowest BCUT2D eigenvalue weighted by Gasteiger charge is -2.26. The van der Waals surface area contributed by atoms with Gasteiger partial charge in [0.05, 0.1) is 69.1 Å². The third kappa shape index (κ3) is 5.71. The molecular weight excluding hydrogens is 616 g/mol. The van der Waals surface area contributed by atoms with E-state index in [1.165, 1.54) is 37.2 Å². The number of hydrogen-bond acceptors (Lipinski definition) is 10. The zero-order chi connectivity index (χ0) is 29.8. The molecular formula is C29H31BrN2O8S. The largest absolute Gasteiger partial charge is 0.496 e. The molecule has 0 spiro atoms. The Labute approximate surface area is 249 Å². The van der Waals surface area contributed by atoms with Crippen LogP contribution in [0.4, 0.5) is 0 Å². The van der Waals surface area contributed by atoms with E-state index in [0.717, 1.165) is 0 Å². The van der Waals surface area contributed by atoms with Crippen molar-refractivity contribution in [3.8, 4) is 28.7 Å². The van der Waals surface area contributed by atoms with Gasteiger partial charge in [-0.05, 0) is 44.5 Å². The normalized spacial score (nSPS) is 14.7. The molecule has 4 rings (SSSR count). The van der Waals surface area contributed by atoms with Gasteiger partial charge < -0.3 is 28.4 Å². The standard InChI is InChI=1S/C29H31BrN2O8S/c1-8-39-23-14-19(30)17(12-22(23)38-7)26-25(28(34)40-9-2)15(3)31-29-32(26)27(33)24(41-29)13-18-20(36-5)10-16(35-4)11-21(18)37-6/h10-14,26H,8-9H2,1-7H3/b24-13+/t26-/m1/s1. The number of fused-ring (bicyclic) bond motifs is 1. The van der Waals surface area contributed by atoms with E-state index in [4.69, 9.17) is 28.4 Å². The second-order valence-corrected chi connectivity index (χ2v) is 10.6. The number of benzene rings is 2. The number of allylic oxidation sites excluding steroid dienone is 1. The minimum Gasteiger partial charge on any atom is -0.496 e. The number of halogens is 1. The number of nitrogens with zero attached hydrogens (tertiary/aromatic N) is 2. The molecule has 0 saturated carbocycles. The maximum absolute atomic E-state index is 14.1. The minimum atomic E-state index is -0.855. The highest BCUT2D eigenvalue weighted by atomic mass is 79.9. The van der Waals surface area contributed by atoms with Gasteiger partial charge in [-0.1, -0.05) is 27.3 Å². The highest BCUT2D eigenvalue weighted by Gasteiger charge is 2.35.